The van der Waals surface area contributed by atoms with Crippen LogP contribution in [-0.2, 0) is 11.3 Å². The number of aryl methyl sites for hydroxylation is 2. The third kappa shape index (κ3) is 4.59. The second-order valence-electron chi connectivity index (χ2n) is 4.85. The van der Waals surface area contributed by atoms with Crippen molar-refractivity contribution in [3.05, 3.63) is 40.3 Å². The number of hydrogen-bond acceptors (Lipinski definition) is 6. The van der Waals surface area contributed by atoms with Crippen LogP contribution < -0.4 is 15.8 Å². The molecular formula is C14H18ClN5O4. The largest absolute Gasteiger partial charge is 0.495 e. The van der Waals surface area contributed by atoms with Crippen LogP contribution in [0.25, 0.3) is 0 Å². The number of nitrogens with two attached hydrogens (primary N) is 1. The fourth-order valence-corrected chi connectivity index (χ4v) is 2.06. The highest BCUT2D eigenvalue weighted by atomic mass is 35.5. The van der Waals surface area contributed by atoms with E-state index >= 15 is 0 Å². The molecule has 0 fully saturated rings. The third-order valence-corrected chi connectivity index (χ3v) is 3.24. The second-order valence-corrected chi connectivity index (χ2v) is 4.85. The van der Waals surface area contributed by atoms with Crippen molar-refractivity contribution in [1.82, 2.24) is 9.55 Å². The number of benzene rings is 1. The average Bonchev–Trinajstić information content (AvgIpc) is 2.87. The van der Waals surface area contributed by atoms with Gasteiger partial charge in [-0.15, -0.1) is 12.4 Å². The van der Waals surface area contributed by atoms with Crippen molar-refractivity contribution >= 4 is 35.5 Å². The number of ether oxygens (including phenoxy) is 1. The van der Waals surface area contributed by atoms with Crippen molar-refractivity contribution in [2.24, 2.45) is 0 Å². The van der Waals surface area contributed by atoms with Gasteiger partial charge in [0, 0.05) is 25.6 Å². The first-order valence-electron chi connectivity index (χ1n) is 6.82. The summed E-state index contributed by atoms with van der Waals surface area (Å²) in [5.74, 6) is 0.554. The lowest BCUT2D eigenvalue weighted by molar-refractivity contribution is -0.389. The molecule has 2 aromatic rings. The molecule has 0 spiro atoms. The number of halogens is 1. The number of nitro groups is 1. The number of methoxy groups -OCH3 is 1. The van der Waals surface area contributed by atoms with Crippen molar-refractivity contribution in [3.63, 3.8) is 0 Å². The topological polar surface area (TPSA) is 125 Å². The second kappa shape index (κ2) is 8.16. The summed E-state index contributed by atoms with van der Waals surface area (Å²) in [5.41, 5.74) is 6.75. The number of nitrogens with one attached hydrogen (secondary N) is 1. The summed E-state index contributed by atoms with van der Waals surface area (Å²) >= 11 is 0. The van der Waals surface area contributed by atoms with Crippen LogP contribution in [0.3, 0.4) is 0 Å². The highest BCUT2D eigenvalue weighted by molar-refractivity contribution is 5.91. The Balaban J connectivity index is 0.00000288. The quantitative estimate of drug-likeness (QED) is 0.464. The lowest BCUT2D eigenvalue weighted by Crippen LogP contribution is -2.15. The van der Waals surface area contributed by atoms with E-state index in [9.17, 15) is 14.9 Å². The lowest BCUT2D eigenvalue weighted by atomic mass is 10.2. The molecule has 0 aliphatic heterocycles. The zero-order valence-corrected chi connectivity index (χ0v) is 14.0. The summed E-state index contributed by atoms with van der Waals surface area (Å²) in [6.07, 6.45) is 1.47. The molecule has 0 aliphatic rings. The van der Waals surface area contributed by atoms with Gasteiger partial charge in [-0.3, -0.25) is 4.79 Å². The molecule has 0 radical (unpaired) electrons. The van der Waals surface area contributed by atoms with Gasteiger partial charge in [0.2, 0.25) is 11.7 Å². The number of aromatic nitrogens is 2. The summed E-state index contributed by atoms with van der Waals surface area (Å²) in [6, 6.07) is 4.94. The predicted molar refractivity (Wildman–Crippen MR) is 91.5 cm³/mol. The van der Waals surface area contributed by atoms with Crippen LogP contribution in [0.1, 0.15) is 12.2 Å². The van der Waals surface area contributed by atoms with Gasteiger partial charge in [0.1, 0.15) is 11.9 Å². The van der Waals surface area contributed by atoms with E-state index in [-0.39, 0.29) is 30.6 Å². The van der Waals surface area contributed by atoms with Gasteiger partial charge in [0.15, 0.2) is 0 Å². The van der Waals surface area contributed by atoms with E-state index in [0.29, 0.717) is 29.5 Å². The summed E-state index contributed by atoms with van der Waals surface area (Å²) in [6.45, 7) is 1.94. The van der Waals surface area contributed by atoms with Crippen LogP contribution >= 0.6 is 12.4 Å². The molecule has 24 heavy (non-hydrogen) atoms. The van der Waals surface area contributed by atoms with Crippen molar-refractivity contribution < 1.29 is 14.5 Å². The van der Waals surface area contributed by atoms with Crippen LogP contribution in [0.5, 0.6) is 5.75 Å². The van der Waals surface area contributed by atoms with Crippen LogP contribution in [0.15, 0.2) is 24.4 Å². The van der Waals surface area contributed by atoms with Gasteiger partial charge in [-0.05, 0) is 28.1 Å². The van der Waals surface area contributed by atoms with Crippen LogP contribution in [0.4, 0.5) is 17.2 Å². The summed E-state index contributed by atoms with van der Waals surface area (Å²) in [4.78, 5) is 25.8. The van der Waals surface area contributed by atoms with Crippen molar-refractivity contribution in [2.75, 3.05) is 18.2 Å². The van der Waals surface area contributed by atoms with E-state index < -0.39 is 4.92 Å². The summed E-state index contributed by atoms with van der Waals surface area (Å²) < 4.78 is 6.61. The Labute approximate surface area is 144 Å². The highest BCUT2D eigenvalue weighted by Gasteiger charge is 2.15. The van der Waals surface area contributed by atoms with Gasteiger partial charge in [-0.1, -0.05) is 0 Å². The standard InChI is InChI=1S/C14H17N5O4.ClH/c1-9-16-13(19(21)22)8-18(9)6-5-14(20)17-10-3-4-12(23-2)11(15)7-10;/h3-4,7-8H,5-6,15H2,1-2H3,(H,17,20);1H. The van der Waals surface area contributed by atoms with Crippen molar-refractivity contribution in [2.45, 2.75) is 19.9 Å². The van der Waals surface area contributed by atoms with E-state index in [1.54, 1.807) is 29.7 Å². The Morgan fingerprint density at radius 3 is 2.75 bits per heavy atom. The van der Waals surface area contributed by atoms with E-state index in [1.165, 1.54) is 13.3 Å². The minimum absolute atomic E-state index is 0. The maximum Gasteiger partial charge on any atom is 0.381 e. The number of carbonyl (C=O) groups is 1. The molecule has 0 atom stereocenters. The SMILES string of the molecule is COc1ccc(NC(=O)CCn2cc([N+](=O)[O-])nc2C)cc1N.Cl. The Morgan fingerprint density at radius 2 is 2.21 bits per heavy atom. The molecule has 0 saturated heterocycles. The zero-order valence-electron chi connectivity index (χ0n) is 13.2. The van der Waals surface area contributed by atoms with E-state index in [4.69, 9.17) is 10.5 Å². The van der Waals surface area contributed by atoms with Crippen LogP contribution in [-0.4, -0.2) is 27.5 Å². The van der Waals surface area contributed by atoms with Crippen molar-refractivity contribution in [3.8, 4) is 5.75 Å². The van der Waals surface area contributed by atoms with Gasteiger partial charge in [-0.2, -0.15) is 0 Å². The predicted octanol–water partition coefficient (Wildman–Crippen LogP) is 2.14. The Kier molecular flexibility index (Phi) is 6.54. The minimum Gasteiger partial charge on any atom is -0.495 e. The first kappa shape index (κ1) is 19.2. The van der Waals surface area contributed by atoms with E-state index in [1.807, 2.05) is 0 Å². The number of nitrogens with zero attached hydrogens (tertiary/aromatic N) is 3. The Bertz CT molecular complexity index is 747. The number of anilines is 2. The molecule has 0 saturated carbocycles. The molecule has 0 bridgehead atoms. The monoisotopic (exact) mass is 355 g/mol. The number of imidazole rings is 1. The highest BCUT2D eigenvalue weighted by Crippen LogP contribution is 2.24. The van der Waals surface area contributed by atoms with Crippen LogP contribution in [0.2, 0.25) is 0 Å². The minimum atomic E-state index is -0.566. The molecule has 1 amide bonds. The number of amides is 1. The fraction of sp³-hybridized carbons (Fsp3) is 0.286. The molecule has 1 aromatic carbocycles. The summed E-state index contributed by atoms with van der Waals surface area (Å²) in [5, 5.41) is 13.4. The smallest absolute Gasteiger partial charge is 0.381 e. The molecule has 0 aliphatic carbocycles. The maximum atomic E-state index is 12.0. The first-order valence-corrected chi connectivity index (χ1v) is 6.82. The molecule has 1 aromatic heterocycles. The molecule has 0 unspecified atom stereocenters. The molecule has 3 N–H and O–H groups in total. The molecule has 2 rings (SSSR count). The van der Waals surface area contributed by atoms with E-state index in [2.05, 4.69) is 10.3 Å². The molecule has 9 nitrogen and oxygen atoms in total. The number of hydrogen-bond donors (Lipinski definition) is 2. The maximum absolute atomic E-state index is 12.0. The van der Waals surface area contributed by atoms with E-state index in [0.717, 1.165) is 0 Å². The Morgan fingerprint density at radius 1 is 1.50 bits per heavy atom. The number of rotatable bonds is 6. The normalized spacial score (nSPS) is 9.92. The summed E-state index contributed by atoms with van der Waals surface area (Å²) in [7, 11) is 1.51. The number of carbonyl (C=O) groups excluding carboxylic acids is 1. The fourth-order valence-electron chi connectivity index (χ4n) is 2.06. The van der Waals surface area contributed by atoms with Gasteiger partial charge in [0.25, 0.3) is 0 Å². The van der Waals surface area contributed by atoms with Gasteiger partial charge in [0.05, 0.1) is 12.8 Å². The average molecular weight is 356 g/mol. The zero-order chi connectivity index (χ0) is 17.0. The van der Waals surface area contributed by atoms with Crippen LogP contribution in [0, 0.1) is 17.0 Å². The first-order chi connectivity index (χ1) is 10.9. The van der Waals surface area contributed by atoms with Gasteiger partial charge < -0.3 is 30.5 Å². The van der Waals surface area contributed by atoms with Crippen molar-refractivity contribution in [1.29, 1.82) is 0 Å². The van der Waals surface area contributed by atoms with Gasteiger partial charge in [-0.25, -0.2) is 0 Å². The van der Waals surface area contributed by atoms with Gasteiger partial charge >= 0.3 is 5.82 Å². The molecule has 10 heteroatoms. The molecular weight excluding hydrogens is 338 g/mol. The Hall–Kier alpha value is -2.81. The number of nitrogen functional groups attached to an aromatic ring is 1. The lowest BCUT2D eigenvalue weighted by Gasteiger charge is -2.09. The third-order valence-electron chi connectivity index (χ3n) is 3.24. The molecule has 130 valence electrons. The molecule has 1 heterocycles.